The molecule has 21 heavy (non-hydrogen) atoms. The number of hydrazine groups is 1. The minimum atomic E-state index is -0.546. The van der Waals surface area contributed by atoms with Crippen molar-refractivity contribution in [2.45, 2.75) is 13.3 Å². The molecule has 0 bridgehead atoms. The second kappa shape index (κ2) is 7.58. The van der Waals surface area contributed by atoms with Crippen LogP contribution >= 0.6 is 15.9 Å². The second-order valence-electron chi connectivity index (χ2n) is 4.20. The Morgan fingerprint density at radius 3 is 2.57 bits per heavy atom. The third-order valence-corrected chi connectivity index (χ3v) is 3.06. The standard InChI is InChI=1S/C14H15BrN4O2/c1-2-9-21-14(20)19-18-13-8-7-12(16-17-13)10-3-5-11(15)6-4-10/h3-8H,2,9H2,1H3,(H,17,18)(H,19,20). The number of anilines is 1. The molecule has 110 valence electrons. The number of hydrogen-bond acceptors (Lipinski definition) is 5. The predicted molar refractivity (Wildman–Crippen MR) is 83.6 cm³/mol. The first-order chi connectivity index (χ1) is 10.2. The van der Waals surface area contributed by atoms with Crippen LogP contribution in [0.1, 0.15) is 13.3 Å². The average molecular weight is 351 g/mol. The molecule has 0 saturated heterocycles. The van der Waals surface area contributed by atoms with Crippen LogP contribution in [0.3, 0.4) is 0 Å². The number of carbonyl (C=O) groups excluding carboxylic acids is 1. The zero-order valence-electron chi connectivity index (χ0n) is 11.5. The highest BCUT2D eigenvalue weighted by Gasteiger charge is 2.03. The summed E-state index contributed by atoms with van der Waals surface area (Å²) in [5.41, 5.74) is 6.73. The number of carbonyl (C=O) groups is 1. The van der Waals surface area contributed by atoms with E-state index in [2.05, 4.69) is 37.0 Å². The van der Waals surface area contributed by atoms with Gasteiger partial charge in [-0.3, -0.25) is 5.43 Å². The molecule has 0 spiro atoms. The van der Waals surface area contributed by atoms with Crippen molar-refractivity contribution < 1.29 is 9.53 Å². The van der Waals surface area contributed by atoms with E-state index < -0.39 is 6.09 Å². The minimum Gasteiger partial charge on any atom is -0.448 e. The Kier molecular flexibility index (Phi) is 5.51. The first-order valence-electron chi connectivity index (χ1n) is 6.47. The van der Waals surface area contributed by atoms with Crippen LogP contribution in [0, 0.1) is 0 Å². The first kappa shape index (κ1) is 15.2. The SMILES string of the molecule is CCCOC(=O)NNc1ccc(-c2ccc(Br)cc2)nn1. The van der Waals surface area contributed by atoms with Gasteiger partial charge >= 0.3 is 6.09 Å². The molecule has 2 N–H and O–H groups in total. The molecule has 2 aromatic rings. The quantitative estimate of drug-likeness (QED) is 0.808. The topological polar surface area (TPSA) is 76.1 Å². The van der Waals surface area contributed by atoms with Gasteiger partial charge in [-0.05, 0) is 30.7 Å². The Balaban J connectivity index is 1.93. The van der Waals surface area contributed by atoms with E-state index in [1.807, 2.05) is 37.3 Å². The van der Waals surface area contributed by atoms with E-state index >= 15 is 0 Å². The van der Waals surface area contributed by atoms with Gasteiger partial charge in [-0.1, -0.05) is 35.0 Å². The Labute approximate surface area is 131 Å². The predicted octanol–water partition coefficient (Wildman–Crippen LogP) is 3.37. The molecule has 0 saturated carbocycles. The highest BCUT2D eigenvalue weighted by molar-refractivity contribution is 9.10. The normalized spacial score (nSPS) is 10.0. The Hall–Kier alpha value is -2.15. The van der Waals surface area contributed by atoms with Crippen molar-refractivity contribution in [2.75, 3.05) is 12.0 Å². The van der Waals surface area contributed by atoms with Crippen LogP contribution in [-0.4, -0.2) is 22.9 Å². The number of benzene rings is 1. The minimum absolute atomic E-state index is 0.377. The van der Waals surface area contributed by atoms with Crippen LogP contribution in [0.5, 0.6) is 0 Å². The van der Waals surface area contributed by atoms with Crippen molar-refractivity contribution in [1.29, 1.82) is 0 Å². The van der Waals surface area contributed by atoms with E-state index in [0.29, 0.717) is 12.4 Å². The average Bonchev–Trinajstić information content (AvgIpc) is 2.52. The zero-order chi connectivity index (χ0) is 15.1. The molecule has 1 amide bonds. The van der Waals surface area contributed by atoms with Gasteiger partial charge in [0.1, 0.15) is 0 Å². The maximum absolute atomic E-state index is 11.2. The number of halogens is 1. The number of ether oxygens (including phenoxy) is 1. The van der Waals surface area contributed by atoms with Crippen molar-refractivity contribution in [3.63, 3.8) is 0 Å². The lowest BCUT2D eigenvalue weighted by Crippen LogP contribution is -2.30. The van der Waals surface area contributed by atoms with Crippen molar-refractivity contribution in [2.24, 2.45) is 0 Å². The van der Waals surface area contributed by atoms with Gasteiger partial charge in [-0.25, -0.2) is 10.2 Å². The van der Waals surface area contributed by atoms with Gasteiger partial charge in [-0.15, -0.1) is 10.2 Å². The summed E-state index contributed by atoms with van der Waals surface area (Å²) < 4.78 is 5.86. The molecular formula is C14H15BrN4O2. The molecule has 1 aromatic heterocycles. The van der Waals surface area contributed by atoms with E-state index in [1.165, 1.54) is 0 Å². The summed E-state index contributed by atoms with van der Waals surface area (Å²) in [5, 5.41) is 8.09. The summed E-state index contributed by atoms with van der Waals surface area (Å²) in [5.74, 6) is 0.435. The highest BCUT2D eigenvalue weighted by Crippen LogP contribution is 2.19. The van der Waals surface area contributed by atoms with Crippen molar-refractivity contribution in [1.82, 2.24) is 15.6 Å². The summed E-state index contributed by atoms with van der Waals surface area (Å²) in [6.07, 6.45) is 0.227. The summed E-state index contributed by atoms with van der Waals surface area (Å²) in [4.78, 5) is 11.2. The number of nitrogens with zero attached hydrogens (tertiary/aromatic N) is 2. The van der Waals surface area contributed by atoms with Crippen LogP contribution < -0.4 is 10.9 Å². The van der Waals surface area contributed by atoms with E-state index in [9.17, 15) is 4.79 Å². The third kappa shape index (κ3) is 4.71. The second-order valence-corrected chi connectivity index (χ2v) is 5.11. The number of aromatic nitrogens is 2. The van der Waals surface area contributed by atoms with Crippen LogP contribution in [0.4, 0.5) is 10.6 Å². The highest BCUT2D eigenvalue weighted by atomic mass is 79.9. The molecule has 1 heterocycles. The summed E-state index contributed by atoms with van der Waals surface area (Å²) in [7, 11) is 0. The van der Waals surface area contributed by atoms with Gasteiger partial charge in [0.05, 0.1) is 12.3 Å². The molecule has 0 atom stereocenters. The Morgan fingerprint density at radius 2 is 1.95 bits per heavy atom. The molecule has 0 radical (unpaired) electrons. The molecule has 6 nitrogen and oxygen atoms in total. The van der Waals surface area contributed by atoms with Crippen LogP contribution in [0.25, 0.3) is 11.3 Å². The summed E-state index contributed by atoms with van der Waals surface area (Å²) >= 11 is 3.38. The van der Waals surface area contributed by atoms with Gasteiger partial charge in [-0.2, -0.15) is 0 Å². The van der Waals surface area contributed by atoms with Crippen molar-refractivity contribution in [3.05, 3.63) is 40.9 Å². The lowest BCUT2D eigenvalue weighted by atomic mass is 10.1. The largest absolute Gasteiger partial charge is 0.448 e. The zero-order valence-corrected chi connectivity index (χ0v) is 13.1. The van der Waals surface area contributed by atoms with E-state index in [0.717, 1.165) is 22.2 Å². The lowest BCUT2D eigenvalue weighted by molar-refractivity contribution is 0.148. The maximum Gasteiger partial charge on any atom is 0.425 e. The van der Waals surface area contributed by atoms with Crippen LogP contribution in [-0.2, 0) is 4.74 Å². The van der Waals surface area contributed by atoms with Gasteiger partial charge in [0, 0.05) is 10.0 Å². The molecule has 7 heteroatoms. The number of amides is 1. The number of rotatable bonds is 5. The van der Waals surface area contributed by atoms with E-state index in [-0.39, 0.29) is 0 Å². The van der Waals surface area contributed by atoms with Gasteiger partial charge in [0.15, 0.2) is 5.82 Å². The molecule has 0 aliphatic heterocycles. The molecular weight excluding hydrogens is 336 g/mol. The molecule has 1 aromatic carbocycles. The van der Waals surface area contributed by atoms with Gasteiger partial charge in [0.25, 0.3) is 0 Å². The summed E-state index contributed by atoms with van der Waals surface area (Å²) in [6, 6.07) is 11.3. The fourth-order valence-electron chi connectivity index (χ4n) is 1.52. The van der Waals surface area contributed by atoms with Gasteiger partial charge < -0.3 is 4.74 Å². The Morgan fingerprint density at radius 1 is 1.19 bits per heavy atom. The van der Waals surface area contributed by atoms with Crippen LogP contribution in [0.2, 0.25) is 0 Å². The fourth-order valence-corrected chi connectivity index (χ4v) is 1.78. The smallest absolute Gasteiger partial charge is 0.425 e. The van der Waals surface area contributed by atoms with E-state index in [4.69, 9.17) is 4.74 Å². The van der Waals surface area contributed by atoms with Gasteiger partial charge in [0.2, 0.25) is 0 Å². The number of hydrogen-bond donors (Lipinski definition) is 2. The van der Waals surface area contributed by atoms with Crippen LogP contribution in [0.15, 0.2) is 40.9 Å². The first-order valence-corrected chi connectivity index (χ1v) is 7.27. The molecule has 0 fully saturated rings. The molecule has 0 aliphatic rings. The number of nitrogens with one attached hydrogen (secondary N) is 2. The van der Waals surface area contributed by atoms with Crippen molar-refractivity contribution >= 4 is 27.8 Å². The molecule has 0 unspecified atom stereocenters. The van der Waals surface area contributed by atoms with E-state index in [1.54, 1.807) is 6.07 Å². The lowest BCUT2D eigenvalue weighted by Gasteiger charge is -2.08. The Bertz CT molecular complexity index is 587. The van der Waals surface area contributed by atoms with Crippen molar-refractivity contribution in [3.8, 4) is 11.3 Å². The fraction of sp³-hybridized carbons (Fsp3) is 0.214. The summed E-state index contributed by atoms with van der Waals surface area (Å²) in [6.45, 7) is 2.30. The molecule has 0 aliphatic carbocycles. The maximum atomic E-state index is 11.2. The molecule has 2 rings (SSSR count). The monoisotopic (exact) mass is 350 g/mol. The third-order valence-electron chi connectivity index (χ3n) is 2.53.